The quantitative estimate of drug-likeness (QED) is 0.162. The summed E-state index contributed by atoms with van der Waals surface area (Å²) in [5, 5.41) is 0. The van der Waals surface area contributed by atoms with Crippen LogP contribution in [0.4, 0.5) is 0 Å². The van der Waals surface area contributed by atoms with Crippen LogP contribution in [0, 0.1) is 0 Å². The topological polar surface area (TPSA) is 26.3 Å². The van der Waals surface area contributed by atoms with E-state index >= 15 is 0 Å². The number of unbranched alkanes of at least 4 members (excludes halogenated alkanes) is 11. The van der Waals surface area contributed by atoms with Crippen LogP contribution in [0.5, 0.6) is 0 Å². The summed E-state index contributed by atoms with van der Waals surface area (Å²) in [6, 6.07) is 0. The zero-order chi connectivity index (χ0) is 17.9. The molecular formula is C21H43O2Sn. The molecule has 0 heterocycles. The van der Waals surface area contributed by atoms with E-state index < -0.39 is 20.2 Å². The molecule has 0 fully saturated rings. The molecule has 0 bridgehead atoms. The van der Waals surface area contributed by atoms with Crippen molar-refractivity contribution in [3.63, 3.8) is 0 Å². The molecule has 0 aromatic carbocycles. The molecule has 143 valence electrons. The summed E-state index contributed by atoms with van der Waals surface area (Å²) in [7, 11) is 0. The fourth-order valence-electron chi connectivity index (χ4n) is 2.97. The maximum absolute atomic E-state index is 12.0. The number of hydrogen-bond acceptors (Lipinski definition) is 2. The molecular weight excluding hydrogens is 403 g/mol. The Hall–Kier alpha value is 0.269. The van der Waals surface area contributed by atoms with E-state index in [1.807, 2.05) is 0 Å². The number of carbonyl (C=O) groups excluding carboxylic acids is 1. The molecule has 0 amide bonds. The number of rotatable bonds is 18. The Kier molecular flexibility index (Phi) is 19.8. The molecule has 0 rings (SSSR count). The second-order valence-electron chi connectivity index (χ2n) is 7.15. The monoisotopic (exact) mass is 447 g/mol. The van der Waals surface area contributed by atoms with Gasteiger partial charge in [0, 0.05) is 0 Å². The van der Waals surface area contributed by atoms with Crippen LogP contribution < -0.4 is 0 Å². The van der Waals surface area contributed by atoms with Crippen LogP contribution in [0.1, 0.15) is 117 Å². The second kappa shape index (κ2) is 19.6. The maximum atomic E-state index is 12.0. The van der Waals surface area contributed by atoms with Crippen molar-refractivity contribution in [2.75, 3.05) is 0 Å². The summed E-state index contributed by atoms with van der Waals surface area (Å²) in [6.07, 6.45) is 18.9. The molecule has 2 nitrogen and oxygen atoms in total. The zero-order valence-corrected chi connectivity index (χ0v) is 19.7. The third kappa shape index (κ3) is 17.1. The van der Waals surface area contributed by atoms with Gasteiger partial charge in [-0.3, -0.25) is 0 Å². The van der Waals surface area contributed by atoms with Crippen molar-refractivity contribution in [3.8, 4) is 0 Å². The van der Waals surface area contributed by atoms with Gasteiger partial charge in [0.1, 0.15) is 0 Å². The van der Waals surface area contributed by atoms with E-state index in [0.29, 0.717) is 6.42 Å². The first kappa shape index (κ1) is 24.3. The molecule has 3 heteroatoms. The predicted molar refractivity (Wildman–Crippen MR) is 108 cm³/mol. The van der Waals surface area contributed by atoms with Gasteiger partial charge in [-0.05, 0) is 0 Å². The summed E-state index contributed by atoms with van der Waals surface area (Å²) in [5.41, 5.74) is 0. The fraction of sp³-hybridized carbons (Fsp3) is 0.952. The minimum atomic E-state index is -1.91. The molecule has 0 N–H and O–H groups in total. The van der Waals surface area contributed by atoms with Gasteiger partial charge in [-0.15, -0.1) is 0 Å². The van der Waals surface area contributed by atoms with E-state index in [4.69, 9.17) is 3.07 Å². The van der Waals surface area contributed by atoms with Crippen LogP contribution in [0.15, 0.2) is 0 Å². The van der Waals surface area contributed by atoms with Gasteiger partial charge in [0.15, 0.2) is 0 Å². The second-order valence-corrected chi connectivity index (χ2v) is 13.7. The molecule has 1 radical (unpaired) electrons. The first-order valence-electron chi connectivity index (χ1n) is 10.8. The number of carbonyl (C=O) groups is 1. The summed E-state index contributed by atoms with van der Waals surface area (Å²) in [5.74, 6) is 0.114. The molecule has 0 aromatic heterocycles. The molecule has 0 aliphatic carbocycles. The Morgan fingerprint density at radius 3 is 1.50 bits per heavy atom. The van der Waals surface area contributed by atoms with E-state index in [1.54, 1.807) is 0 Å². The summed E-state index contributed by atoms with van der Waals surface area (Å²) < 4.78 is 8.50. The third-order valence-electron chi connectivity index (χ3n) is 4.61. The van der Waals surface area contributed by atoms with E-state index in [2.05, 4.69) is 20.8 Å². The Morgan fingerprint density at radius 2 is 1.04 bits per heavy atom. The first-order valence-corrected chi connectivity index (χ1v) is 16.0. The fourth-order valence-corrected chi connectivity index (χ4v) is 9.15. The van der Waals surface area contributed by atoms with Gasteiger partial charge in [-0.25, -0.2) is 0 Å². The van der Waals surface area contributed by atoms with E-state index in [0.717, 1.165) is 12.8 Å². The van der Waals surface area contributed by atoms with Gasteiger partial charge in [0.2, 0.25) is 0 Å². The van der Waals surface area contributed by atoms with Crippen molar-refractivity contribution in [2.24, 2.45) is 0 Å². The van der Waals surface area contributed by atoms with Crippen LogP contribution >= 0.6 is 0 Å². The van der Waals surface area contributed by atoms with Crippen LogP contribution in [-0.2, 0) is 7.87 Å². The van der Waals surface area contributed by atoms with Crippen LogP contribution in [0.3, 0.4) is 0 Å². The molecule has 0 saturated heterocycles. The third-order valence-corrected chi connectivity index (χ3v) is 11.3. The standard InChI is InChI=1S/2C8H17.C5H10O2.Sn/c2*1-3-5-7-8-6-4-2;1-2-3-4-5(6)7;/h2*1,3-8H2,2H3;2-4H2,1H3,(H,6,7);/q;;;+1/p-1. The molecule has 0 atom stereocenters. The Morgan fingerprint density at radius 1 is 0.625 bits per heavy atom. The Bertz CT molecular complexity index is 253. The van der Waals surface area contributed by atoms with Gasteiger partial charge in [-0.2, -0.15) is 0 Å². The SMILES string of the molecule is CCCCCCC[CH2][Sn]([CH2]CCCCCCC)[O]C(=O)CCCC. The zero-order valence-electron chi connectivity index (χ0n) is 16.8. The van der Waals surface area contributed by atoms with Gasteiger partial charge in [0.05, 0.1) is 0 Å². The average molecular weight is 446 g/mol. The van der Waals surface area contributed by atoms with Crippen molar-refractivity contribution in [3.05, 3.63) is 0 Å². The van der Waals surface area contributed by atoms with Crippen LogP contribution in [0.25, 0.3) is 0 Å². The molecule has 0 aliphatic rings. The predicted octanol–water partition coefficient (Wildman–Crippen LogP) is 7.43. The molecule has 0 aromatic rings. The van der Waals surface area contributed by atoms with Gasteiger partial charge >= 0.3 is 160 Å². The normalized spacial score (nSPS) is 11.2. The summed E-state index contributed by atoms with van der Waals surface area (Å²) in [4.78, 5) is 12.0. The molecule has 0 aliphatic heterocycles. The van der Waals surface area contributed by atoms with Crippen molar-refractivity contribution < 1.29 is 7.87 Å². The molecule has 0 spiro atoms. The van der Waals surface area contributed by atoms with E-state index in [-0.39, 0.29) is 5.97 Å². The minimum absolute atomic E-state index is 0.114. The van der Waals surface area contributed by atoms with E-state index in [9.17, 15) is 4.79 Å². The van der Waals surface area contributed by atoms with Gasteiger partial charge in [0.25, 0.3) is 0 Å². The van der Waals surface area contributed by atoms with E-state index in [1.165, 1.54) is 85.9 Å². The van der Waals surface area contributed by atoms with Crippen LogP contribution in [-0.4, -0.2) is 26.1 Å². The van der Waals surface area contributed by atoms with Crippen molar-refractivity contribution in [1.82, 2.24) is 0 Å². The molecule has 0 saturated carbocycles. The van der Waals surface area contributed by atoms with Crippen molar-refractivity contribution in [2.45, 2.75) is 126 Å². The Balaban J connectivity index is 3.93. The molecule has 0 unspecified atom stereocenters. The number of hydrogen-bond donors (Lipinski definition) is 0. The first-order chi connectivity index (χ1) is 11.7. The Labute approximate surface area is 159 Å². The van der Waals surface area contributed by atoms with Gasteiger partial charge in [-0.1, -0.05) is 0 Å². The van der Waals surface area contributed by atoms with Crippen molar-refractivity contribution in [1.29, 1.82) is 0 Å². The average Bonchev–Trinajstić information content (AvgIpc) is 2.58. The van der Waals surface area contributed by atoms with Crippen LogP contribution in [0.2, 0.25) is 8.87 Å². The summed E-state index contributed by atoms with van der Waals surface area (Å²) in [6.45, 7) is 6.67. The van der Waals surface area contributed by atoms with Crippen molar-refractivity contribution >= 4 is 26.1 Å². The summed E-state index contributed by atoms with van der Waals surface area (Å²) >= 11 is -1.91. The molecule has 24 heavy (non-hydrogen) atoms. The van der Waals surface area contributed by atoms with Gasteiger partial charge < -0.3 is 0 Å².